The third-order valence-corrected chi connectivity index (χ3v) is 6.11. The van der Waals surface area contributed by atoms with Crippen molar-refractivity contribution in [2.24, 2.45) is 0 Å². The maximum atomic E-state index is 10.8. The van der Waals surface area contributed by atoms with Gasteiger partial charge in [-0.25, -0.2) is 13.1 Å². The van der Waals surface area contributed by atoms with Crippen molar-refractivity contribution < 1.29 is 22.4 Å². The van der Waals surface area contributed by atoms with Gasteiger partial charge in [0.2, 0.25) is 25.0 Å². The third-order valence-electron chi connectivity index (χ3n) is 3.37. The van der Waals surface area contributed by atoms with E-state index in [0.29, 0.717) is 27.8 Å². The molecule has 0 bridgehead atoms. The maximum Gasteiger partial charge on any atom is 0.242 e. The molecule has 0 fully saturated rings. The summed E-state index contributed by atoms with van der Waals surface area (Å²) in [6, 6.07) is 4.84. The van der Waals surface area contributed by atoms with E-state index in [9.17, 15) is 13.5 Å². The Kier molecular flexibility index (Phi) is 7.68. The number of benzene rings is 1. The van der Waals surface area contributed by atoms with E-state index < -0.39 is 19.2 Å². The molecule has 1 aromatic heterocycles. The van der Waals surface area contributed by atoms with E-state index in [0.717, 1.165) is 0 Å². The molecule has 27 heavy (non-hydrogen) atoms. The average Bonchev–Trinajstić information content (AvgIpc) is 2.85. The predicted octanol–water partition coefficient (Wildman–Crippen LogP) is 5.11. The van der Waals surface area contributed by atoms with Gasteiger partial charge in [-0.2, -0.15) is 0 Å². The van der Waals surface area contributed by atoms with Gasteiger partial charge in [-0.1, -0.05) is 39.1 Å². The zero-order chi connectivity index (χ0) is 20.4. The van der Waals surface area contributed by atoms with E-state index in [2.05, 4.69) is 20.7 Å². The van der Waals surface area contributed by atoms with Crippen molar-refractivity contribution >= 4 is 58.3 Å². The Labute approximate surface area is 179 Å². The molecule has 1 unspecified atom stereocenters. The van der Waals surface area contributed by atoms with Crippen molar-refractivity contribution in [2.45, 2.75) is 30.9 Å². The van der Waals surface area contributed by atoms with Crippen molar-refractivity contribution in [3.63, 3.8) is 0 Å². The van der Waals surface area contributed by atoms with Crippen LogP contribution in [0.3, 0.4) is 0 Å². The normalized spacial score (nSPS) is 13.1. The van der Waals surface area contributed by atoms with Crippen molar-refractivity contribution in [1.29, 1.82) is 0 Å². The minimum absolute atomic E-state index is 0.151. The molecule has 1 atom stereocenters. The van der Waals surface area contributed by atoms with E-state index in [-0.39, 0.29) is 28.6 Å². The van der Waals surface area contributed by atoms with Crippen LogP contribution in [0, 0.1) is 0 Å². The number of alkyl halides is 1. The second-order valence-corrected chi connectivity index (χ2v) is 13.9. The number of hydrogen-bond donors (Lipinski definition) is 3. The zero-order valence-electron chi connectivity index (χ0n) is 14.9. The molecule has 6 nitrogen and oxygen atoms in total. The highest BCUT2D eigenvalue weighted by Gasteiger charge is 2.31. The monoisotopic (exact) mass is 515 g/mol. The number of halogens is 3. The van der Waals surface area contributed by atoms with Crippen LogP contribution in [0.4, 0.5) is 0 Å². The minimum atomic E-state index is -2.68. The Hall–Kier alpha value is -0.713. The van der Waals surface area contributed by atoms with Crippen molar-refractivity contribution in [2.75, 3.05) is 6.54 Å². The highest BCUT2D eigenvalue weighted by atomic mass is 79.9. The number of aromatic hydroxyl groups is 1. The molecular weight excluding hydrogens is 497 g/mol. The van der Waals surface area contributed by atoms with Gasteiger partial charge in [0.05, 0.1) is 9.85 Å². The van der Waals surface area contributed by atoms with Gasteiger partial charge in [0.1, 0.15) is 0 Å². The number of nitrogens with one attached hydrogen (secondary N) is 1. The van der Waals surface area contributed by atoms with Gasteiger partial charge in [-0.3, -0.25) is 0 Å². The lowest BCUT2D eigenvalue weighted by Crippen LogP contribution is -2.29. The quantitative estimate of drug-likeness (QED) is 0.257. The number of furan rings is 1. The summed E-state index contributed by atoms with van der Waals surface area (Å²) >= 11 is 15.8. The largest absolute Gasteiger partial charge is 0.539 e. The van der Waals surface area contributed by atoms with Gasteiger partial charge in [-0.15, -0.1) is 0 Å². The highest BCUT2D eigenvalue weighted by Crippen LogP contribution is 2.50. The van der Waals surface area contributed by atoms with Crippen molar-refractivity contribution in [1.82, 2.24) is 4.72 Å². The number of rotatable bonds is 8. The Bertz CT molecular complexity index is 890. The lowest BCUT2D eigenvalue weighted by molar-refractivity contribution is 0.438. The lowest BCUT2D eigenvalue weighted by Gasteiger charge is -2.20. The van der Waals surface area contributed by atoms with Crippen LogP contribution in [-0.4, -0.2) is 28.4 Å². The first kappa shape index (κ1) is 22.6. The van der Waals surface area contributed by atoms with Crippen LogP contribution in [0.25, 0.3) is 11.3 Å². The topological polar surface area (TPSA) is 88.8 Å². The molecule has 0 aliphatic rings. The van der Waals surface area contributed by atoms with E-state index in [1.54, 1.807) is 18.2 Å². The van der Waals surface area contributed by atoms with E-state index >= 15 is 0 Å². The lowest BCUT2D eigenvalue weighted by atomic mass is 10.1. The van der Waals surface area contributed by atoms with Crippen LogP contribution in [-0.2, 0) is 10.9 Å². The number of hydrogen-bond acceptors (Lipinski definition) is 5. The van der Waals surface area contributed by atoms with Crippen molar-refractivity contribution in [3.05, 3.63) is 34.0 Å². The average molecular weight is 517 g/mol. The molecular formula is C16H20BrCl2NO5SSi. The second-order valence-electron chi connectivity index (χ2n) is 6.73. The fraction of sp³-hybridized carbons (Fsp3) is 0.375. The Morgan fingerprint density at radius 3 is 2.59 bits per heavy atom. The fourth-order valence-corrected chi connectivity index (χ4v) is 4.33. The highest BCUT2D eigenvalue weighted by molar-refractivity contribution is 9.09. The molecule has 0 aliphatic heterocycles. The first-order valence-electron chi connectivity index (χ1n) is 8.01. The van der Waals surface area contributed by atoms with E-state index in [4.69, 9.17) is 32.0 Å². The van der Waals surface area contributed by atoms with Crippen LogP contribution >= 0.6 is 39.1 Å². The summed E-state index contributed by atoms with van der Waals surface area (Å²) in [7, 11) is -4.76. The predicted molar refractivity (Wildman–Crippen MR) is 114 cm³/mol. The summed E-state index contributed by atoms with van der Waals surface area (Å²) in [6.45, 7) is 6.13. The molecule has 0 radical (unpaired) electrons. The van der Waals surface area contributed by atoms with Crippen LogP contribution in [0.15, 0.2) is 22.6 Å². The molecule has 0 saturated heterocycles. The molecule has 1 aromatic carbocycles. The molecule has 11 heteroatoms. The van der Waals surface area contributed by atoms with E-state index in [1.807, 2.05) is 19.6 Å². The molecule has 0 spiro atoms. The van der Waals surface area contributed by atoms with E-state index in [1.165, 1.54) is 0 Å². The molecule has 2 N–H and O–H groups in total. The van der Waals surface area contributed by atoms with Crippen molar-refractivity contribution in [3.8, 4) is 22.8 Å². The molecule has 2 rings (SSSR count). The molecule has 2 aromatic rings. The summed E-state index contributed by atoms with van der Waals surface area (Å²) < 4.78 is 35.6. The maximum absolute atomic E-state index is 10.8. The summed E-state index contributed by atoms with van der Waals surface area (Å²) in [4.78, 5) is -0.385. The third kappa shape index (κ3) is 6.13. The first-order valence-corrected chi connectivity index (χ1v) is 14.3. The zero-order valence-corrected chi connectivity index (χ0v) is 19.9. The van der Waals surface area contributed by atoms with Crippen LogP contribution in [0.2, 0.25) is 29.7 Å². The first-order chi connectivity index (χ1) is 12.5. The summed E-state index contributed by atoms with van der Waals surface area (Å²) in [6.07, 6.45) is 0.390. The Morgan fingerprint density at radius 1 is 1.33 bits per heavy atom. The molecule has 1 heterocycles. The SMILES string of the molecule is C[Si](C)(C)Oc1c(C(Br)CCN[SH](=O)=O)oc(-c2cc(Cl)ccc2Cl)c1O. The smallest absolute Gasteiger partial charge is 0.242 e. The minimum Gasteiger partial charge on any atom is -0.539 e. The van der Waals surface area contributed by atoms with Gasteiger partial charge >= 0.3 is 0 Å². The molecule has 0 saturated carbocycles. The summed E-state index contributed by atoms with van der Waals surface area (Å²) in [5.41, 5.74) is 0.439. The fourth-order valence-electron chi connectivity index (χ4n) is 2.30. The van der Waals surface area contributed by atoms with Crippen LogP contribution < -0.4 is 9.15 Å². The number of thiol groups is 1. The Balaban J connectivity index is 2.49. The van der Waals surface area contributed by atoms with Gasteiger partial charge in [0.25, 0.3) is 0 Å². The van der Waals surface area contributed by atoms with Gasteiger partial charge < -0.3 is 13.9 Å². The summed E-state index contributed by atoms with van der Waals surface area (Å²) in [5.74, 6) is 0.583. The van der Waals surface area contributed by atoms with Gasteiger partial charge in [-0.05, 0) is 44.3 Å². The summed E-state index contributed by atoms with van der Waals surface area (Å²) in [5, 5.41) is 11.6. The van der Waals surface area contributed by atoms with Gasteiger partial charge in [0.15, 0.2) is 17.3 Å². The van der Waals surface area contributed by atoms with Gasteiger partial charge in [0, 0.05) is 17.1 Å². The van der Waals surface area contributed by atoms with Crippen LogP contribution in [0.5, 0.6) is 11.5 Å². The molecule has 0 amide bonds. The Morgan fingerprint density at radius 2 is 2.00 bits per heavy atom. The molecule has 0 aliphatic carbocycles. The second kappa shape index (κ2) is 9.19. The molecule has 150 valence electrons. The van der Waals surface area contributed by atoms with Crippen LogP contribution in [0.1, 0.15) is 17.0 Å². The standard InChI is InChI=1S/C16H20BrCl2NO5SSi/c1-27(2,3)25-16-13(21)14(10-8-9(18)4-5-12(10)19)24-15(16)11(17)6-7-20-26(22)23/h4-5,8,11,21,26H,6-7H2,1-3H3,(H,20,22,23).